The third-order valence-corrected chi connectivity index (χ3v) is 7.43. The number of nitrogens with one attached hydrogen (secondary N) is 1. The van der Waals surface area contributed by atoms with Gasteiger partial charge in [0, 0.05) is 38.4 Å². The van der Waals surface area contributed by atoms with E-state index in [2.05, 4.69) is 15.3 Å². The number of imidazole rings is 1. The summed E-state index contributed by atoms with van der Waals surface area (Å²) in [5, 5.41) is 19.3. The summed E-state index contributed by atoms with van der Waals surface area (Å²) < 4.78 is 1.93. The first kappa shape index (κ1) is 25.2. The van der Waals surface area contributed by atoms with Gasteiger partial charge in [-0.1, -0.05) is 34.8 Å². The standard InChI is InChI=1S/C26H26Cl3N6O/c1-25(2)12-17(13-26(3,4)35(25)36)32-22-21-24(31-14-30-22)34(18-8-5-15(27)6-9-18)23(33-21)19-10-7-16(28)11-20(19)29/h5-11,14,17H,12-13H2,1-4H3,(H,30,31,32)/q-1. The largest absolute Gasteiger partial charge is 0.784 e. The van der Waals surface area contributed by atoms with Crippen LogP contribution in [0.4, 0.5) is 5.82 Å². The van der Waals surface area contributed by atoms with E-state index in [1.807, 2.05) is 62.6 Å². The number of benzene rings is 2. The molecular formula is C26H26Cl3N6O-. The van der Waals surface area contributed by atoms with Crippen molar-refractivity contribution in [2.45, 2.75) is 57.7 Å². The Hall–Kier alpha value is -2.42. The maximum Gasteiger partial charge on any atom is 0.170 e. The third kappa shape index (κ3) is 4.55. The van der Waals surface area contributed by atoms with Crippen LogP contribution in [0.15, 0.2) is 48.8 Å². The molecule has 0 atom stereocenters. The van der Waals surface area contributed by atoms with Crippen LogP contribution in [-0.2, 0) is 0 Å². The predicted molar refractivity (Wildman–Crippen MR) is 147 cm³/mol. The van der Waals surface area contributed by atoms with Crippen LogP contribution in [0, 0.1) is 5.21 Å². The van der Waals surface area contributed by atoms with Crippen LogP contribution >= 0.6 is 34.8 Å². The van der Waals surface area contributed by atoms with E-state index in [0.29, 0.717) is 56.3 Å². The van der Waals surface area contributed by atoms with E-state index in [1.165, 1.54) is 11.4 Å². The maximum atomic E-state index is 12.8. The predicted octanol–water partition coefficient (Wildman–Crippen LogP) is 7.37. The first-order chi connectivity index (χ1) is 17.0. The van der Waals surface area contributed by atoms with Gasteiger partial charge < -0.3 is 15.6 Å². The van der Waals surface area contributed by atoms with Gasteiger partial charge in [0.2, 0.25) is 0 Å². The van der Waals surface area contributed by atoms with Gasteiger partial charge in [0.1, 0.15) is 12.2 Å². The van der Waals surface area contributed by atoms with Gasteiger partial charge in [-0.25, -0.2) is 15.0 Å². The van der Waals surface area contributed by atoms with Gasteiger partial charge >= 0.3 is 0 Å². The zero-order valence-corrected chi connectivity index (χ0v) is 22.7. The molecule has 0 radical (unpaired) electrons. The summed E-state index contributed by atoms with van der Waals surface area (Å²) in [6.07, 6.45) is 2.85. The van der Waals surface area contributed by atoms with Gasteiger partial charge in [-0.2, -0.15) is 0 Å². The molecule has 0 aliphatic carbocycles. The summed E-state index contributed by atoms with van der Waals surface area (Å²) in [5.41, 5.74) is 1.73. The normalized spacial score (nSPS) is 18.0. The molecule has 7 nitrogen and oxygen atoms in total. The summed E-state index contributed by atoms with van der Waals surface area (Å²) in [5.74, 6) is 1.21. The van der Waals surface area contributed by atoms with E-state index >= 15 is 0 Å². The lowest BCUT2D eigenvalue weighted by Crippen LogP contribution is -2.60. The zero-order chi connectivity index (χ0) is 25.8. The first-order valence-corrected chi connectivity index (χ1v) is 12.8. The number of nitrogens with zero attached hydrogens (tertiary/aromatic N) is 5. The van der Waals surface area contributed by atoms with Crippen molar-refractivity contribution in [1.29, 1.82) is 0 Å². The van der Waals surface area contributed by atoms with Crippen molar-refractivity contribution in [3.05, 3.63) is 69.1 Å². The molecule has 0 amide bonds. The number of hydrogen-bond acceptors (Lipinski definition) is 6. The third-order valence-electron chi connectivity index (χ3n) is 6.63. The van der Waals surface area contributed by atoms with Crippen LogP contribution < -0.4 is 5.32 Å². The second-order valence-electron chi connectivity index (χ2n) is 10.4. The Labute approximate surface area is 225 Å². The van der Waals surface area contributed by atoms with Gasteiger partial charge in [0.15, 0.2) is 17.0 Å². The van der Waals surface area contributed by atoms with E-state index in [1.54, 1.807) is 12.1 Å². The van der Waals surface area contributed by atoms with Crippen molar-refractivity contribution in [1.82, 2.24) is 24.6 Å². The fourth-order valence-corrected chi connectivity index (χ4v) is 5.86. The van der Waals surface area contributed by atoms with Gasteiger partial charge in [-0.15, -0.1) is 0 Å². The average molecular weight is 545 g/mol. The van der Waals surface area contributed by atoms with Gasteiger partial charge in [0.05, 0.1) is 5.02 Å². The lowest BCUT2D eigenvalue weighted by molar-refractivity contribution is 0.0131. The van der Waals surface area contributed by atoms with E-state index in [-0.39, 0.29) is 6.04 Å². The number of hydrogen-bond donors (Lipinski definition) is 1. The minimum atomic E-state index is -0.518. The molecule has 1 saturated heterocycles. The maximum absolute atomic E-state index is 12.8. The summed E-state index contributed by atoms with van der Waals surface area (Å²) >= 11 is 18.9. The minimum absolute atomic E-state index is 0.0292. The smallest absolute Gasteiger partial charge is 0.170 e. The number of fused-ring (bicyclic) bond motifs is 1. The van der Waals surface area contributed by atoms with Gasteiger partial charge in [-0.3, -0.25) is 4.57 Å². The van der Waals surface area contributed by atoms with Crippen molar-refractivity contribution in [3.8, 4) is 17.1 Å². The number of rotatable bonds is 4. The fourth-order valence-electron chi connectivity index (χ4n) is 5.24. The molecule has 36 heavy (non-hydrogen) atoms. The average Bonchev–Trinajstić information content (AvgIpc) is 3.18. The summed E-state index contributed by atoms with van der Waals surface area (Å²) in [6.45, 7) is 7.89. The fraction of sp³-hybridized carbons (Fsp3) is 0.346. The summed E-state index contributed by atoms with van der Waals surface area (Å²) in [4.78, 5) is 14.1. The molecule has 4 aromatic rings. The van der Waals surface area contributed by atoms with Crippen LogP contribution in [0.5, 0.6) is 0 Å². The quantitative estimate of drug-likeness (QED) is 0.289. The van der Waals surface area contributed by atoms with Gasteiger partial charge in [0.25, 0.3) is 0 Å². The van der Waals surface area contributed by atoms with Gasteiger partial charge in [-0.05, 0) is 83.0 Å². The Kier molecular flexibility index (Phi) is 6.42. The van der Waals surface area contributed by atoms with Crippen LogP contribution in [0.2, 0.25) is 15.1 Å². The molecule has 0 spiro atoms. The van der Waals surface area contributed by atoms with Crippen molar-refractivity contribution in [2.24, 2.45) is 0 Å². The Balaban J connectivity index is 1.65. The van der Waals surface area contributed by atoms with E-state index in [0.717, 1.165) is 5.69 Å². The molecule has 0 unspecified atom stereocenters. The second kappa shape index (κ2) is 9.15. The molecule has 2 aromatic carbocycles. The van der Waals surface area contributed by atoms with Crippen LogP contribution in [0.1, 0.15) is 40.5 Å². The van der Waals surface area contributed by atoms with E-state index in [4.69, 9.17) is 39.8 Å². The summed E-state index contributed by atoms with van der Waals surface area (Å²) in [6, 6.07) is 12.8. The zero-order valence-electron chi connectivity index (χ0n) is 20.4. The van der Waals surface area contributed by atoms with E-state index in [9.17, 15) is 5.21 Å². The monoisotopic (exact) mass is 543 g/mol. The highest BCUT2D eigenvalue weighted by atomic mass is 35.5. The molecule has 3 heterocycles. The highest BCUT2D eigenvalue weighted by molar-refractivity contribution is 6.36. The van der Waals surface area contributed by atoms with E-state index < -0.39 is 11.1 Å². The molecule has 1 N–H and O–H groups in total. The minimum Gasteiger partial charge on any atom is -0.784 e. The SMILES string of the molecule is CC1(C)CC(Nc2ncnc3c2nc(-c2ccc(Cl)cc2Cl)n3-c2ccc(Cl)cc2)CC(C)(C)N1[O-]. The number of hydroxylamine groups is 2. The first-order valence-electron chi connectivity index (χ1n) is 11.7. The number of piperidine rings is 1. The molecule has 0 bridgehead atoms. The molecule has 1 aliphatic rings. The molecule has 1 fully saturated rings. The Bertz CT molecular complexity index is 1420. The van der Waals surface area contributed by atoms with Crippen LogP contribution in [0.25, 0.3) is 28.2 Å². The van der Waals surface area contributed by atoms with Crippen molar-refractivity contribution < 1.29 is 0 Å². The lowest BCUT2D eigenvalue weighted by atomic mass is 9.79. The summed E-state index contributed by atoms with van der Waals surface area (Å²) in [7, 11) is 0. The highest BCUT2D eigenvalue weighted by Gasteiger charge is 2.40. The van der Waals surface area contributed by atoms with Crippen LogP contribution in [0.3, 0.4) is 0 Å². The molecule has 1 aliphatic heterocycles. The highest BCUT2D eigenvalue weighted by Crippen LogP contribution is 2.40. The van der Waals surface area contributed by atoms with Crippen LogP contribution in [-0.4, -0.2) is 41.7 Å². The number of anilines is 1. The number of halogens is 3. The topological polar surface area (TPSA) is 81.9 Å². The van der Waals surface area contributed by atoms with Crippen molar-refractivity contribution in [2.75, 3.05) is 5.32 Å². The Morgan fingerprint density at radius 1 is 0.917 bits per heavy atom. The molecule has 2 aromatic heterocycles. The van der Waals surface area contributed by atoms with Crippen molar-refractivity contribution >= 4 is 51.8 Å². The molecule has 188 valence electrons. The molecule has 10 heteroatoms. The molecule has 0 saturated carbocycles. The molecule has 5 rings (SSSR count). The molecular weight excluding hydrogens is 519 g/mol. The Morgan fingerprint density at radius 3 is 2.19 bits per heavy atom. The lowest BCUT2D eigenvalue weighted by Gasteiger charge is -2.60. The van der Waals surface area contributed by atoms with Crippen molar-refractivity contribution in [3.63, 3.8) is 0 Å². The Morgan fingerprint density at radius 2 is 1.56 bits per heavy atom. The second-order valence-corrected chi connectivity index (χ2v) is 11.7. The number of aromatic nitrogens is 4.